The van der Waals surface area contributed by atoms with E-state index in [1.807, 2.05) is 27.7 Å². The van der Waals surface area contributed by atoms with Crippen molar-refractivity contribution >= 4 is 11.9 Å². The van der Waals surface area contributed by atoms with Crippen LogP contribution in [0.3, 0.4) is 0 Å². The summed E-state index contributed by atoms with van der Waals surface area (Å²) in [7, 11) is 0. The molecule has 0 fully saturated rings. The van der Waals surface area contributed by atoms with Crippen LogP contribution >= 0.6 is 0 Å². The molecule has 0 aliphatic heterocycles. The maximum atomic E-state index is 12.9. The lowest BCUT2D eigenvalue weighted by Gasteiger charge is -2.23. The molecule has 152 valence electrons. The molecule has 0 N–H and O–H groups in total. The first-order valence-corrected chi connectivity index (χ1v) is 9.66. The van der Waals surface area contributed by atoms with Crippen LogP contribution in [0.25, 0.3) is 0 Å². The van der Waals surface area contributed by atoms with Crippen molar-refractivity contribution in [3.63, 3.8) is 0 Å². The summed E-state index contributed by atoms with van der Waals surface area (Å²) < 4.78 is 16.1. The van der Waals surface area contributed by atoms with Gasteiger partial charge in [0, 0.05) is 25.3 Å². The molecule has 0 atom stereocenters. The van der Waals surface area contributed by atoms with Gasteiger partial charge in [-0.15, -0.1) is 0 Å². The van der Waals surface area contributed by atoms with Crippen molar-refractivity contribution in [3.05, 3.63) is 29.8 Å². The molecular formula is C21H33NO5. The highest BCUT2D eigenvalue weighted by Crippen LogP contribution is 2.16. The Morgan fingerprint density at radius 1 is 1.00 bits per heavy atom. The minimum atomic E-state index is -0.297. The van der Waals surface area contributed by atoms with E-state index < -0.39 is 0 Å². The van der Waals surface area contributed by atoms with Crippen molar-refractivity contribution in [1.29, 1.82) is 0 Å². The van der Waals surface area contributed by atoms with Gasteiger partial charge in [0.2, 0.25) is 0 Å². The molecule has 1 aromatic carbocycles. The van der Waals surface area contributed by atoms with Gasteiger partial charge >= 0.3 is 5.97 Å². The number of hydrogen-bond acceptors (Lipinski definition) is 5. The number of esters is 1. The first-order valence-electron chi connectivity index (χ1n) is 9.66. The quantitative estimate of drug-likeness (QED) is 0.409. The number of benzene rings is 1. The fourth-order valence-electron chi connectivity index (χ4n) is 2.48. The van der Waals surface area contributed by atoms with Crippen LogP contribution in [0.5, 0.6) is 5.75 Å². The second kappa shape index (κ2) is 12.3. The van der Waals surface area contributed by atoms with Gasteiger partial charge in [-0.05, 0) is 65.3 Å². The summed E-state index contributed by atoms with van der Waals surface area (Å²) in [5, 5.41) is 0. The third-order valence-electron chi connectivity index (χ3n) is 3.67. The standard InChI is InChI=1S/C21H33NO5/c1-6-25-20(23)12-14-22(13-7-15-26-16(2)3)21(24)18-8-10-19(11-9-18)27-17(4)5/h8-11,16-17H,6-7,12-15H2,1-5H3. The monoisotopic (exact) mass is 379 g/mol. The van der Waals surface area contributed by atoms with Crippen molar-refractivity contribution in [2.45, 2.75) is 59.7 Å². The van der Waals surface area contributed by atoms with Gasteiger partial charge in [0.1, 0.15) is 5.75 Å². The molecule has 6 heteroatoms. The minimum Gasteiger partial charge on any atom is -0.491 e. The molecule has 1 aromatic rings. The number of nitrogens with zero attached hydrogens (tertiary/aromatic N) is 1. The van der Waals surface area contributed by atoms with Gasteiger partial charge in [-0.1, -0.05) is 0 Å². The molecule has 0 heterocycles. The number of carbonyl (C=O) groups excluding carboxylic acids is 2. The Hall–Kier alpha value is -2.08. The van der Waals surface area contributed by atoms with Gasteiger partial charge in [0.25, 0.3) is 5.91 Å². The summed E-state index contributed by atoms with van der Waals surface area (Å²) in [5.74, 6) is 0.319. The van der Waals surface area contributed by atoms with Gasteiger partial charge in [-0.25, -0.2) is 0 Å². The topological polar surface area (TPSA) is 65.1 Å². The molecule has 1 amide bonds. The zero-order valence-electron chi connectivity index (χ0n) is 17.2. The number of rotatable bonds is 12. The van der Waals surface area contributed by atoms with Crippen LogP contribution in [0, 0.1) is 0 Å². The van der Waals surface area contributed by atoms with Crippen molar-refractivity contribution in [1.82, 2.24) is 4.90 Å². The number of carbonyl (C=O) groups is 2. The Labute approximate surface area is 162 Å². The van der Waals surface area contributed by atoms with E-state index in [-0.39, 0.29) is 30.5 Å². The molecule has 0 radical (unpaired) electrons. The van der Waals surface area contributed by atoms with E-state index in [0.29, 0.717) is 38.3 Å². The Morgan fingerprint density at radius 3 is 2.22 bits per heavy atom. The molecular weight excluding hydrogens is 346 g/mol. The normalized spacial score (nSPS) is 10.9. The predicted molar refractivity (Wildman–Crippen MR) is 105 cm³/mol. The maximum Gasteiger partial charge on any atom is 0.307 e. The van der Waals surface area contributed by atoms with Crippen LogP contribution in [0.15, 0.2) is 24.3 Å². The summed E-state index contributed by atoms with van der Waals surface area (Å²) in [6, 6.07) is 7.08. The lowest BCUT2D eigenvalue weighted by molar-refractivity contribution is -0.143. The Morgan fingerprint density at radius 2 is 1.67 bits per heavy atom. The second-order valence-corrected chi connectivity index (χ2v) is 6.81. The van der Waals surface area contributed by atoms with Gasteiger partial charge in [0.05, 0.1) is 25.2 Å². The van der Waals surface area contributed by atoms with Gasteiger partial charge in [-0.3, -0.25) is 9.59 Å². The molecule has 0 aliphatic rings. The van der Waals surface area contributed by atoms with Crippen molar-refractivity contribution in [3.8, 4) is 5.75 Å². The summed E-state index contributed by atoms with van der Waals surface area (Å²) in [5.41, 5.74) is 0.569. The van der Waals surface area contributed by atoms with Crippen molar-refractivity contribution < 1.29 is 23.8 Å². The first kappa shape index (κ1) is 23.0. The molecule has 6 nitrogen and oxygen atoms in total. The molecule has 1 rings (SSSR count). The highest BCUT2D eigenvalue weighted by atomic mass is 16.5. The van der Waals surface area contributed by atoms with E-state index in [0.717, 1.165) is 5.75 Å². The zero-order valence-corrected chi connectivity index (χ0v) is 17.2. The highest BCUT2D eigenvalue weighted by Gasteiger charge is 2.17. The van der Waals surface area contributed by atoms with Crippen LogP contribution < -0.4 is 4.74 Å². The molecule has 27 heavy (non-hydrogen) atoms. The van der Waals surface area contributed by atoms with E-state index in [2.05, 4.69) is 0 Å². The van der Waals surface area contributed by atoms with E-state index in [9.17, 15) is 9.59 Å². The van der Waals surface area contributed by atoms with Crippen molar-refractivity contribution in [2.24, 2.45) is 0 Å². The van der Waals surface area contributed by atoms with Gasteiger partial charge in [-0.2, -0.15) is 0 Å². The lowest BCUT2D eigenvalue weighted by Crippen LogP contribution is -2.34. The molecule has 0 spiro atoms. The van der Waals surface area contributed by atoms with Crippen LogP contribution in [0.1, 0.15) is 57.8 Å². The van der Waals surface area contributed by atoms with Crippen LogP contribution in [0.4, 0.5) is 0 Å². The lowest BCUT2D eigenvalue weighted by atomic mass is 10.1. The van der Waals surface area contributed by atoms with E-state index in [1.165, 1.54) is 0 Å². The molecule has 0 bridgehead atoms. The SMILES string of the molecule is CCOC(=O)CCN(CCCOC(C)C)C(=O)c1ccc(OC(C)C)cc1. The van der Waals surface area contributed by atoms with Gasteiger partial charge < -0.3 is 19.1 Å². The summed E-state index contributed by atoms with van der Waals surface area (Å²) in [4.78, 5) is 26.2. The summed E-state index contributed by atoms with van der Waals surface area (Å²) >= 11 is 0. The molecule has 0 saturated heterocycles. The van der Waals surface area contributed by atoms with Gasteiger partial charge in [0.15, 0.2) is 0 Å². The second-order valence-electron chi connectivity index (χ2n) is 6.81. The summed E-state index contributed by atoms with van der Waals surface area (Å²) in [6.07, 6.45) is 1.12. The smallest absolute Gasteiger partial charge is 0.307 e. The fraction of sp³-hybridized carbons (Fsp3) is 0.619. The van der Waals surface area contributed by atoms with E-state index in [1.54, 1.807) is 36.1 Å². The molecule has 0 aromatic heterocycles. The third-order valence-corrected chi connectivity index (χ3v) is 3.67. The number of ether oxygens (including phenoxy) is 3. The largest absolute Gasteiger partial charge is 0.491 e. The Bertz CT molecular complexity index is 568. The molecule has 0 aliphatic carbocycles. The van der Waals surface area contributed by atoms with Crippen molar-refractivity contribution in [2.75, 3.05) is 26.3 Å². The third kappa shape index (κ3) is 9.43. The molecule has 0 saturated carbocycles. The average molecular weight is 379 g/mol. The number of amides is 1. The summed E-state index contributed by atoms with van der Waals surface area (Å²) in [6.45, 7) is 11.4. The zero-order chi connectivity index (χ0) is 20.2. The van der Waals surface area contributed by atoms with Crippen LogP contribution in [-0.4, -0.2) is 55.3 Å². The first-order chi connectivity index (χ1) is 12.8. The highest BCUT2D eigenvalue weighted by molar-refractivity contribution is 5.94. The fourth-order valence-corrected chi connectivity index (χ4v) is 2.48. The Balaban J connectivity index is 2.72. The van der Waals surface area contributed by atoms with Crippen LogP contribution in [-0.2, 0) is 14.3 Å². The van der Waals surface area contributed by atoms with Crippen LogP contribution in [0.2, 0.25) is 0 Å². The number of hydrogen-bond donors (Lipinski definition) is 0. The Kier molecular flexibility index (Phi) is 10.5. The minimum absolute atomic E-state index is 0.0774. The molecule has 0 unspecified atom stereocenters. The average Bonchev–Trinajstić information content (AvgIpc) is 2.60. The maximum absolute atomic E-state index is 12.9. The predicted octanol–water partition coefficient (Wildman–Crippen LogP) is 3.68. The van der Waals surface area contributed by atoms with E-state index in [4.69, 9.17) is 14.2 Å². The van der Waals surface area contributed by atoms with E-state index >= 15 is 0 Å².